The minimum absolute atomic E-state index is 0.319. The molecule has 112 valence electrons. The molecule has 1 N–H and O–H groups in total. The quantitative estimate of drug-likeness (QED) is 0.887. The van der Waals surface area contributed by atoms with Gasteiger partial charge in [0.15, 0.2) is 11.5 Å². The van der Waals surface area contributed by atoms with Gasteiger partial charge in [0.25, 0.3) is 0 Å². The Bertz CT molecular complexity index is 609. The summed E-state index contributed by atoms with van der Waals surface area (Å²) in [6.45, 7) is 6.21. The molecule has 5 nitrogen and oxygen atoms in total. The van der Waals surface area contributed by atoms with Crippen LogP contribution in [0.3, 0.4) is 0 Å². The van der Waals surface area contributed by atoms with E-state index in [0.717, 1.165) is 36.7 Å². The van der Waals surface area contributed by atoms with Crippen LogP contribution in [0.2, 0.25) is 0 Å². The molecular weight excluding hydrogens is 266 g/mol. The van der Waals surface area contributed by atoms with Crippen LogP contribution in [0.5, 0.6) is 11.5 Å². The summed E-state index contributed by atoms with van der Waals surface area (Å²) in [6, 6.07) is 8.55. The lowest BCUT2D eigenvalue weighted by Crippen LogP contribution is -2.14. The molecule has 1 aromatic heterocycles. The van der Waals surface area contributed by atoms with Crippen molar-refractivity contribution >= 4 is 0 Å². The molecule has 1 aliphatic heterocycles. The van der Waals surface area contributed by atoms with Crippen molar-refractivity contribution in [1.29, 1.82) is 0 Å². The second kappa shape index (κ2) is 6.18. The number of fused-ring (bicyclic) bond motifs is 1. The summed E-state index contributed by atoms with van der Waals surface area (Å²) in [5.41, 5.74) is 2.25. The summed E-state index contributed by atoms with van der Waals surface area (Å²) in [7, 11) is 0. The number of hydrogen-bond donors (Lipinski definition) is 1. The molecule has 2 heterocycles. The van der Waals surface area contributed by atoms with E-state index in [1.165, 1.54) is 5.56 Å². The predicted molar refractivity (Wildman–Crippen MR) is 80.3 cm³/mol. The van der Waals surface area contributed by atoms with Crippen LogP contribution in [0.1, 0.15) is 37.6 Å². The highest BCUT2D eigenvalue weighted by Gasteiger charge is 2.13. The van der Waals surface area contributed by atoms with Gasteiger partial charge in [-0.2, -0.15) is 5.10 Å². The summed E-state index contributed by atoms with van der Waals surface area (Å²) >= 11 is 0. The standard InChI is InChI=1S/C16H21N3O2/c1-3-12(2)19-7-6-14(18-19)10-17-9-13-4-5-15-16(8-13)21-11-20-15/h4-8,12,17H,3,9-11H2,1-2H3. The van der Waals surface area contributed by atoms with E-state index in [2.05, 4.69) is 36.4 Å². The lowest BCUT2D eigenvalue weighted by atomic mass is 10.2. The van der Waals surface area contributed by atoms with Crippen molar-refractivity contribution in [2.24, 2.45) is 0 Å². The van der Waals surface area contributed by atoms with E-state index < -0.39 is 0 Å². The van der Waals surface area contributed by atoms with Crippen LogP contribution in [0.25, 0.3) is 0 Å². The Morgan fingerprint density at radius 2 is 2.10 bits per heavy atom. The predicted octanol–water partition coefficient (Wildman–Crippen LogP) is 2.87. The third-order valence-corrected chi connectivity index (χ3v) is 3.78. The van der Waals surface area contributed by atoms with E-state index in [1.807, 2.05) is 23.0 Å². The average molecular weight is 287 g/mol. The fraction of sp³-hybridized carbons (Fsp3) is 0.438. The fourth-order valence-corrected chi connectivity index (χ4v) is 2.29. The highest BCUT2D eigenvalue weighted by Crippen LogP contribution is 2.32. The largest absolute Gasteiger partial charge is 0.454 e. The number of benzene rings is 1. The van der Waals surface area contributed by atoms with Gasteiger partial charge in [-0.3, -0.25) is 4.68 Å². The van der Waals surface area contributed by atoms with Crippen molar-refractivity contribution in [3.63, 3.8) is 0 Å². The summed E-state index contributed by atoms with van der Waals surface area (Å²) in [6.07, 6.45) is 3.14. The number of aromatic nitrogens is 2. The lowest BCUT2D eigenvalue weighted by Gasteiger charge is -2.08. The first kappa shape index (κ1) is 13.9. The zero-order valence-corrected chi connectivity index (χ0v) is 12.5. The number of ether oxygens (including phenoxy) is 2. The molecular formula is C16H21N3O2. The van der Waals surface area contributed by atoms with Gasteiger partial charge in [-0.25, -0.2) is 0 Å². The van der Waals surface area contributed by atoms with Crippen LogP contribution in [-0.4, -0.2) is 16.6 Å². The molecule has 1 aliphatic rings. The van der Waals surface area contributed by atoms with Gasteiger partial charge < -0.3 is 14.8 Å². The molecule has 0 fully saturated rings. The molecule has 0 spiro atoms. The Morgan fingerprint density at radius 1 is 1.24 bits per heavy atom. The highest BCUT2D eigenvalue weighted by molar-refractivity contribution is 5.44. The van der Waals surface area contributed by atoms with E-state index in [9.17, 15) is 0 Å². The molecule has 0 amide bonds. The van der Waals surface area contributed by atoms with Gasteiger partial charge in [0.1, 0.15) is 0 Å². The van der Waals surface area contributed by atoms with Gasteiger partial charge in [0, 0.05) is 25.3 Å². The third kappa shape index (κ3) is 3.19. The van der Waals surface area contributed by atoms with Crippen molar-refractivity contribution < 1.29 is 9.47 Å². The van der Waals surface area contributed by atoms with Gasteiger partial charge in [-0.1, -0.05) is 13.0 Å². The lowest BCUT2D eigenvalue weighted by molar-refractivity contribution is 0.174. The summed E-state index contributed by atoms with van der Waals surface area (Å²) in [5.74, 6) is 1.65. The highest BCUT2D eigenvalue weighted by atomic mass is 16.7. The monoisotopic (exact) mass is 287 g/mol. The van der Waals surface area contributed by atoms with Crippen LogP contribution in [-0.2, 0) is 13.1 Å². The van der Waals surface area contributed by atoms with E-state index in [-0.39, 0.29) is 0 Å². The molecule has 21 heavy (non-hydrogen) atoms. The minimum atomic E-state index is 0.319. The molecule has 3 rings (SSSR count). The molecule has 0 bridgehead atoms. The van der Waals surface area contributed by atoms with Crippen molar-refractivity contribution in [2.75, 3.05) is 6.79 Å². The Labute approximate surface area is 124 Å². The SMILES string of the molecule is CCC(C)n1ccc(CNCc2ccc3c(c2)OCO3)n1. The normalized spacial score (nSPS) is 14.4. The minimum Gasteiger partial charge on any atom is -0.454 e. The van der Waals surface area contributed by atoms with Crippen LogP contribution >= 0.6 is 0 Å². The first-order chi connectivity index (χ1) is 10.3. The Hall–Kier alpha value is -2.01. The van der Waals surface area contributed by atoms with E-state index in [0.29, 0.717) is 12.8 Å². The maximum absolute atomic E-state index is 5.38. The zero-order valence-electron chi connectivity index (χ0n) is 12.5. The smallest absolute Gasteiger partial charge is 0.231 e. The molecule has 0 radical (unpaired) electrons. The Balaban J connectivity index is 1.53. The fourth-order valence-electron chi connectivity index (χ4n) is 2.29. The van der Waals surface area contributed by atoms with Crippen molar-refractivity contribution in [3.05, 3.63) is 41.7 Å². The van der Waals surface area contributed by atoms with Gasteiger partial charge in [-0.05, 0) is 37.1 Å². The first-order valence-corrected chi connectivity index (χ1v) is 7.39. The van der Waals surface area contributed by atoms with Crippen LogP contribution in [0.15, 0.2) is 30.5 Å². The number of nitrogens with zero attached hydrogens (tertiary/aromatic N) is 2. The van der Waals surface area contributed by atoms with Crippen LogP contribution < -0.4 is 14.8 Å². The second-order valence-corrected chi connectivity index (χ2v) is 5.34. The van der Waals surface area contributed by atoms with Gasteiger partial charge in [-0.15, -0.1) is 0 Å². The summed E-state index contributed by atoms with van der Waals surface area (Å²) in [5, 5.41) is 7.99. The molecule has 0 saturated carbocycles. The first-order valence-electron chi connectivity index (χ1n) is 7.39. The molecule has 2 aromatic rings. The van der Waals surface area contributed by atoms with Crippen LogP contribution in [0.4, 0.5) is 0 Å². The molecule has 1 atom stereocenters. The second-order valence-electron chi connectivity index (χ2n) is 5.34. The molecule has 0 aliphatic carbocycles. The van der Waals surface area contributed by atoms with Crippen molar-refractivity contribution in [2.45, 2.75) is 39.4 Å². The summed E-state index contributed by atoms with van der Waals surface area (Å²) in [4.78, 5) is 0. The number of nitrogens with one attached hydrogen (secondary N) is 1. The molecule has 1 aromatic carbocycles. The maximum Gasteiger partial charge on any atom is 0.231 e. The average Bonchev–Trinajstić information content (AvgIpc) is 3.14. The van der Waals surface area contributed by atoms with Gasteiger partial charge in [0.2, 0.25) is 6.79 Å². The van der Waals surface area contributed by atoms with Gasteiger partial charge >= 0.3 is 0 Å². The molecule has 5 heteroatoms. The van der Waals surface area contributed by atoms with Crippen molar-refractivity contribution in [1.82, 2.24) is 15.1 Å². The third-order valence-electron chi connectivity index (χ3n) is 3.78. The van der Waals surface area contributed by atoms with Gasteiger partial charge in [0.05, 0.1) is 5.69 Å². The van der Waals surface area contributed by atoms with E-state index in [4.69, 9.17) is 9.47 Å². The van der Waals surface area contributed by atoms with Crippen LogP contribution in [0, 0.1) is 0 Å². The summed E-state index contributed by atoms with van der Waals surface area (Å²) < 4.78 is 12.7. The topological polar surface area (TPSA) is 48.3 Å². The number of rotatable bonds is 6. The van der Waals surface area contributed by atoms with E-state index in [1.54, 1.807) is 0 Å². The van der Waals surface area contributed by atoms with Crippen molar-refractivity contribution in [3.8, 4) is 11.5 Å². The number of hydrogen-bond acceptors (Lipinski definition) is 4. The Kier molecular flexibility index (Phi) is 4.10. The van der Waals surface area contributed by atoms with E-state index >= 15 is 0 Å². The maximum atomic E-state index is 5.38. The molecule has 1 unspecified atom stereocenters. The Morgan fingerprint density at radius 3 is 2.95 bits per heavy atom. The zero-order chi connectivity index (χ0) is 14.7. The molecule has 0 saturated heterocycles.